The predicted octanol–water partition coefficient (Wildman–Crippen LogP) is 4.13. The zero-order valence-electron chi connectivity index (χ0n) is 14.7. The van der Waals surface area contributed by atoms with Crippen molar-refractivity contribution in [2.45, 2.75) is 0 Å². The molecule has 0 saturated carbocycles. The highest BCUT2D eigenvalue weighted by Crippen LogP contribution is 2.20. The molecule has 0 fully saturated rings. The van der Waals surface area contributed by atoms with Gasteiger partial charge in [-0.2, -0.15) is 0 Å². The molecular formula is C23H17NO3. The van der Waals surface area contributed by atoms with E-state index >= 15 is 0 Å². The van der Waals surface area contributed by atoms with E-state index in [0.29, 0.717) is 16.8 Å². The predicted molar refractivity (Wildman–Crippen MR) is 105 cm³/mol. The van der Waals surface area contributed by atoms with E-state index in [1.807, 2.05) is 36.4 Å². The van der Waals surface area contributed by atoms with Gasteiger partial charge in [-0.05, 0) is 42.5 Å². The number of esters is 1. The zero-order valence-corrected chi connectivity index (χ0v) is 14.7. The quantitative estimate of drug-likeness (QED) is 0.568. The summed E-state index contributed by atoms with van der Waals surface area (Å²) in [5.74, 6) is 5.26. The van der Waals surface area contributed by atoms with Crippen LogP contribution in [0.4, 0.5) is 5.69 Å². The summed E-state index contributed by atoms with van der Waals surface area (Å²) in [7, 11) is 1.30. The maximum absolute atomic E-state index is 12.5. The summed E-state index contributed by atoms with van der Waals surface area (Å²) in [4.78, 5) is 24.5. The first-order valence-corrected chi connectivity index (χ1v) is 8.33. The lowest BCUT2D eigenvalue weighted by atomic mass is 10.1. The normalized spacial score (nSPS) is 9.67. The van der Waals surface area contributed by atoms with E-state index in [0.717, 1.165) is 5.56 Å². The molecule has 3 rings (SSSR count). The van der Waals surface area contributed by atoms with Gasteiger partial charge in [0, 0.05) is 16.7 Å². The molecule has 4 heteroatoms. The van der Waals surface area contributed by atoms with E-state index in [-0.39, 0.29) is 11.5 Å². The number of hydrogen-bond acceptors (Lipinski definition) is 3. The number of carbonyl (C=O) groups excluding carboxylic acids is 2. The zero-order chi connectivity index (χ0) is 19.1. The minimum Gasteiger partial charge on any atom is -0.465 e. The van der Waals surface area contributed by atoms with Gasteiger partial charge in [-0.1, -0.05) is 48.2 Å². The molecule has 0 spiro atoms. The summed E-state index contributed by atoms with van der Waals surface area (Å²) in [6.45, 7) is 0. The van der Waals surface area contributed by atoms with Crippen molar-refractivity contribution >= 4 is 17.6 Å². The molecule has 0 saturated heterocycles. The Bertz CT molecular complexity index is 1020. The fraction of sp³-hybridized carbons (Fsp3) is 0.0435. The lowest BCUT2D eigenvalue weighted by molar-refractivity contribution is 0.0602. The number of ether oxygens (including phenoxy) is 1. The third kappa shape index (κ3) is 4.62. The molecule has 0 aliphatic heterocycles. The highest BCUT2D eigenvalue weighted by atomic mass is 16.5. The smallest absolute Gasteiger partial charge is 0.339 e. The molecular weight excluding hydrogens is 338 g/mol. The monoisotopic (exact) mass is 355 g/mol. The molecule has 0 bridgehead atoms. The number of methoxy groups -OCH3 is 1. The largest absolute Gasteiger partial charge is 0.465 e. The van der Waals surface area contributed by atoms with Crippen molar-refractivity contribution in [3.8, 4) is 11.8 Å². The molecule has 0 atom stereocenters. The van der Waals surface area contributed by atoms with Gasteiger partial charge in [0.2, 0.25) is 0 Å². The molecule has 3 aromatic carbocycles. The second kappa shape index (κ2) is 8.50. The van der Waals surface area contributed by atoms with Gasteiger partial charge in [-0.3, -0.25) is 4.79 Å². The summed E-state index contributed by atoms with van der Waals surface area (Å²) in [6.07, 6.45) is 0. The van der Waals surface area contributed by atoms with Crippen molar-refractivity contribution in [2.75, 3.05) is 12.4 Å². The van der Waals surface area contributed by atoms with Crippen LogP contribution < -0.4 is 5.32 Å². The minimum absolute atomic E-state index is 0.270. The van der Waals surface area contributed by atoms with Crippen LogP contribution >= 0.6 is 0 Å². The number of carbonyl (C=O) groups is 2. The fourth-order valence-corrected chi connectivity index (χ4v) is 2.46. The lowest BCUT2D eigenvalue weighted by Crippen LogP contribution is -2.15. The van der Waals surface area contributed by atoms with Crippen LogP contribution in [-0.2, 0) is 4.74 Å². The highest BCUT2D eigenvalue weighted by Gasteiger charge is 2.15. The third-order valence-electron chi connectivity index (χ3n) is 3.83. The topological polar surface area (TPSA) is 55.4 Å². The maximum atomic E-state index is 12.5. The molecule has 3 aromatic rings. The van der Waals surface area contributed by atoms with Gasteiger partial charge < -0.3 is 10.1 Å². The first-order valence-electron chi connectivity index (χ1n) is 8.33. The maximum Gasteiger partial charge on any atom is 0.339 e. The average Bonchev–Trinajstić information content (AvgIpc) is 2.73. The van der Waals surface area contributed by atoms with E-state index in [4.69, 9.17) is 4.74 Å². The van der Waals surface area contributed by atoms with Gasteiger partial charge >= 0.3 is 5.97 Å². The minimum atomic E-state index is -0.527. The average molecular weight is 355 g/mol. The van der Waals surface area contributed by atoms with Crippen LogP contribution in [0.25, 0.3) is 0 Å². The molecule has 0 heterocycles. The second-order valence-electron chi connectivity index (χ2n) is 5.69. The molecule has 1 N–H and O–H groups in total. The third-order valence-corrected chi connectivity index (χ3v) is 3.83. The van der Waals surface area contributed by atoms with Gasteiger partial charge in [-0.15, -0.1) is 0 Å². The summed E-state index contributed by atoms with van der Waals surface area (Å²) in [5.41, 5.74) is 2.68. The molecule has 4 nitrogen and oxygen atoms in total. The Morgan fingerprint density at radius 1 is 0.815 bits per heavy atom. The number of rotatable bonds is 3. The summed E-state index contributed by atoms with van der Waals surface area (Å²) in [6, 6.07) is 23.3. The first-order chi connectivity index (χ1) is 13.2. The van der Waals surface area contributed by atoms with Crippen LogP contribution in [0.1, 0.15) is 31.8 Å². The lowest BCUT2D eigenvalue weighted by Gasteiger charge is -2.10. The molecule has 132 valence electrons. The van der Waals surface area contributed by atoms with E-state index < -0.39 is 5.97 Å². The highest BCUT2D eigenvalue weighted by molar-refractivity contribution is 6.08. The fourth-order valence-electron chi connectivity index (χ4n) is 2.46. The summed E-state index contributed by atoms with van der Waals surface area (Å²) < 4.78 is 4.81. The molecule has 0 aliphatic carbocycles. The number of hydrogen-bond donors (Lipinski definition) is 1. The second-order valence-corrected chi connectivity index (χ2v) is 5.69. The molecule has 1 amide bonds. The van der Waals surface area contributed by atoms with Crippen molar-refractivity contribution in [3.63, 3.8) is 0 Å². The van der Waals surface area contributed by atoms with Crippen LogP contribution in [-0.4, -0.2) is 19.0 Å². The number of nitrogens with one attached hydrogen (secondary N) is 1. The van der Waals surface area contributed by atoms with Gasteiger partial charge in [0.1, 0.15) is 0 Å². The molecule has 0 aromatic heterocycles. The Hall–Kier alpha value is -3.84. The summed E-state index contributed by atoms with van der Waals surface area (Å²) in [5, 5.41) is 2.77. The number of anilines is 1. The Morgan fingerprint density at radius 2 is 1.44 bits per heavy atom. The Kier molecular flexibility index (Phi) is 5.66. The van der Waals surface area contributed by atoms with E-state index in [9.17, 15) is 9.59 Å². The Morgan fingerprint density at radius 3 is 2.11 bits per heavy atom. The van der Waals surface area contributed by atoms with Gasteiger partial charge in [0.15, 0.2) is 0 Å². The van der Waals surface area contributed by atoms with Gasteiger partial charge in [0.25, 0.3) is 5.91 Å². The van der Waals surface area contributed by atoms with E-state index in [1.54, 1.807) is 42.5 Å². The SMILES string of the molecule is COC(=O)c1ccc(C#Cc2ccccc2)cc1NC(=O)c1ccccc1. The number of amides is 1. The van der Waals surface area contributed by atoms with Crippen LogP contribution in [0.3, 0.4) is 0 Å². The van der Waals surface area contributed by atoms with Crippen LogP contribution in [0.15, 0.2) is 78.9 Å². The van der Waals surface area contributed by atoms with E-state index in [1.165, 1.54) is 7.11 Å². The van der Waals surface area contributed by atoms with E-state index in [2.05, 4.69) is 17.2 Å². The molecule has 27 heavy (non-hydrogen) atoms. The van der Waals surface area contributed by atoms with Crippen molar-refractivity contribution in [1.82, 2.24) is 0 Å². The number of benzene rings is 3. The Balaban J connectivity index is 1.93. The Labute approximate surface area is 157 Å². The first kappa shape index (κ1) is 18.0. The molecule has 0 radical (unpaired) electrons. The van der Waals surface area contributed by atoms with Crippen LogP contribution in [0.2, 0.25) is 0 Å². The van der Waals surface area contributed by atoms with Crippen molar-refractivity contribution < 1.29 is 14.3 Å². The van der Waals surface area contributed by atoms with Crippen molar-refractivity contribution in [2.24, 2.45) is 0 Å². The standard InChI is InChI=1S/C23H17NO3/c1-27-23(26)20-15-14-18(13-12-17-8-4-2-5-9-17)16-21(20)24-22(25)19-10-6-3-7-11-19/h2-11,14-16H,1H3,(H,24,25). The van der Waals surface area contributed by atoms with Gasteiger partial charge in [-0.25, -0.2) is 4.79 Å². The van der Waals surface area contributed by atoms with Crippen LogP contribution in [0.5, 0.6) is 0 Å². The van der Waals surface area contributed by atoms with Crippen LogP contribution in [0, 0.1) is 11.8 Å². The molecule has 0 unspecified atom stereocenters. The summed E-state index contributed by atoms with van der Waals surface area (Å²) >= 11 is 0. The van der Waals surface area contributed by atoms with Gasteiger partial charge in [0.05, 0.1) is 18.4 Å². The van der Waals surface area contributed by atoms with Crippen molar-refractivity contribution in [3.05, 3.63) is 101 Å². The molecule has 0 aliphatic rings. The van der Waals surface area contributed by atoms with Crippen molar-refractivity contribution in [1.29, 1.82) is 0 Å².